The summed E-state index contributed by atoms with van der Waals surface area (Å²) < 4.78 is 10.7. The normalized spacial score (nSPS) is 12.0. The molecule has 0 radical (unpaired) electrons. The molecule has 1 amide bonds. The van der Waals surface area contributed by atoms with Crippen molar-refractivity contribution in [3.8, 4) is 0 Å². The Hall–Kier alpha value is -1.50. The first-order chi connectivity index (χ1) is 11.3. The van der Waals surface area contributed by atoms with E-state index in [1.165, 1.54) is 0 Å². The molecule has 0 saturated carbocycles. The second-order valence-corrected chi connectivity index (χ2v) is 6.39. The molecule has 0 fully saturated rings. The molecule has 142 valence electrons. The zero-order valence-corrected chi connectivity index (χ0v) is 16.3. The highest BCUT2D eigenvalue weighted by Crippen LogP contribution is 2.09. The molecule has 0 aliphatic rings. The lowest BCUT2D eigenvalue weighted by atomic mass is 10.2. The van der Waals surface area contributed by atoms with Crippen LogP contribution >= 0.6 is 0 Å². The lowest BCUT2D eigenvalue weighted by molar-refractivity contribution is 0.0264. The molecule has 24 heavy (non-hydrogen) atoms. The predicted molar refractivity (Wildman–Crippen MR) is 98.6 cm³/mol. The van der Waals surface area contributed by atoms with E-state index in [1.54, 1.807) is 11.9 Å². The average Bonchev–Trinajstić information content (AvgIpc) is 2.50. The van der Waals surface area contributed by atoms with Gasteiger partial charge in [0.25, 0.3) is 0 Å². The fourth-order valence-electron chi connectivity index (χ4n) is 1.92. The van der Waals surface area contributed by atoms with Gasteiger partial charge in [-0.1, -0.05) is 0 Å². The van der Waals surface area contributed by atoms with E-state index in [2.05, 4.69) is 15.6 Å². The molecule has 0 heterocycles. The Balaban J connectivity index is 4.00. The van der Waals surface area contributed by atoms with Crippen LogP contribution in [0.2, 0.25) is 0 Å². The quantitative estimate of drug-likeness (QED) is 0.361. The summed E-state index contributed by atoms with van der Waals surface area (Å²) in [5, 5.41) is 6.47. The van der Waals surface area contributed by atoms with Crippen LogP contribution in [0, 0.1) is 0 Å². The second kappa shape index (κ2) is 12.9. The Morgan fingerprint density at radius 2 is 1.79 bits per heavy atom. The van der Waals surface area contributed by atoms with Gasteiger partial charge in [0.05, 0.1) is 0 Å². The highest BCUT2D eigenvalue weighted by molar-refractivity contribution is 5.79. The van der Waals surface area contributed by atoms with Crippen molar-refractivity contribution in [2.24, 2.45) is 4.99 Å². The van der Waals surface area contributed by atoms with E-state index in [-0.39, 0.29) is 6.09 Å². The molecule has 0 aliphatic carbocycles. The SMILES string of the molecule is CCOCCCCNC(=NC)NCCN(CC)C(=O)OC(C)(C)C. The van der Waals surface area contributed by atoms with E-state index in [1.807, 2.05) is 34.6 Å². The largest absolute Gasteiger partial charge is 0.444 e. The van der Waals surface area contributed by atoms with Crippen LogP contribution in [0.15, 0.2) is 4.99 Å². The Morgan fingerprint density at radius 1 is 1.12 bits per heavy atom. The lowest BCUT2D eigenvalue weighted by Gasteiger charge is -2.26. The molecule has 7 nitrogen and oxygen atoms in total. The Kier molecular flexibility index (Phi) is 12.1. The van der Waals surface area contributed by atoms with E-state index in [0.717, 1.165) is 38.6 Å². The van der Waals surface area contributed by atoms with Crippen LogP contribution in [-0.2, 0) is 9.47 Å². The first kappa shape index (κ1) is 22.5. The third-order valence-electron chi connectivity index (χ3n) is 3.14. The topological polar surface area (TPSA) is 75.2 Å². The van der Waals surface area contributed by atoms with Gasteiger partial charge in [-0.25, -0.2) is 4.79 Å². The summed E-state index contributed by atoms with van der Waals surface area (Å²) >= 11 is 0. The standard InChI is InChI=1S/C17H36N4O3/c1-7-21(16(22)24-17(3,4)5)13-12-20-15(18-6)19-11-9-10-14-23-8-2/h7-14H2,1-6H3,(H2,18,19,20). The molecule has 0 bridgehead atoms. The monoisotopic (exact) mass is 344 g/mol. The maximum Gasteiger partial charge on any atom is 0.410 e. The third-order valence-corrected chi connectivity index (χ3v) is 3.14. The van der Waals surface area contributed by atoms with Crippen molar-refractivity contribution < 1.29 is 14.3 Å². The molecule has 0 unspecified atom stereocenters. The summed E-state index contributed by atoms with van der Waals surface area (Å²) in [4.78, 5) is 17.9. The van der Waals surface area contributed by atoms with Gasteiger partial charge in [-0.05, 0) is 47.5 Å². The summed E-state index contributed by atoms with van der Waals surface area (Å²) in [6.07, 6.45) is 1.77. The van der Waals surface area contributed by atoms with Crippen molar-refractivity contribution in [3.63, 3.8) is 0 Å². The van der Waals surface area contributed by atoms with Crippen molar-refractivity contribution >= 4 is 12.1 Å². The molecule has 2 N–H and O–H groups in total. The number of carbonyl (C=O) groups is 1. The number of hydrogen-bond acceptors (Lipinski definition) is 4. The van der Waals surface area contributed by atoms with Crippen LogP contribution in [0.5, 0.6) is 0 Å². The predicted octanol–water partition coefficient (Wildman–Crippen LogP) is 2.23. The highest BCUT2D eigenvalue weighted by Gasteiger charge is 2.20. The van der Waals surface area contributed by atoms with Crippen molar-refractivity contribution in [3.05, 3.63) is 0 Å². The average molecular weight is 345 g/mol. The van der Waals surface area contributed by atoms with Gasteiger partial charge in [-0.2, -0.15) is 0 Å². The molecular weight excluding hydrogens is 308 g/mol. The van der Waals surface area contributed by atoms with Crippen LogP contribution in [0.4, 0.5) is 4.79 Å². The maximum atomic E-state index is 12.1. The van der Waals surface area contributed by atoms with Gasteiger partial charge in [0.2, 0.25) is 0 Å². The molecular formula is C17H36N4O3. The summed E-state index contributed by atoms with van der Waals surface area (Å²) in [7, 11) is 1.74. The highest BCUT2D eigenvalue weighted by atomic mass is 16.6. The maximum absolute atomic E-state index is 12.1. The molecule has 0 rings (SSSR count). The zero-order valence-electron chi connectivity index (χ0n) is 16.3. The molecule has 0 aromatic carbocycles. The van der Waals surface area contributed by atoms with E-state index in [0.29, 0.717) is 19.6 Å². The van der Waals surface area contributed by atoms with Crippen LogP contribution in [0.3, 0.4) is 0 Å². The van der Waals surface area contributed by atoms with Gasteiger partial charge in [-0.15, -0.1) is 0 Å². The first-order valence-electron chi connectivity index (χ1n) is 8.84. The number of ether oxygens (including phenoxy) is 2. The fraction of sp³-hybridized carbons (Fsp3) is 0.882. The van der Waals surface area contributed by atoms with Gasteiger partial charge < -0.3 is 25.0 Å². The molecule has 0 atom stereocenters. The number of carbonyl (C=O) groups excluding carboxylic acids is 1. The van der Waals surface area contributed by atoms with Crippen molar-refractivity contribution in [1.82, 2.24) is 15.5 Å². The second-order valence-electron chi connectivity index (χ2n) is 6.39. The minimum Gasteiger partial charge on any atom is -0.444 e. The summed E-state index contributed by atoms with van der Waals surface area (Å²) in [6.45, 7) is 13.7. The molecule has 0 saturated heterocycles. The Morgan fingerprint density at radius 3 is 2.33 bits per heavy atom. The third kappa shape index (κ3) is 12.0. The van der Waals surface area contributed by atoms with E-state index < -0.39 is 5.60 Å². The number of nitrogens with zero attached hydrogens (tertiary/aromatic N) is 2. The Bertz CT molecular complexity index is 367. The van der Waals surface area contributed by atoms with Gasteiger partial charge in [0, 0.05) is 46.4 Å². The van der Waals surface area contributed by atoms with Crippen LogP contribution in [0.1, 0.15) is 47.5 Å². The summed E-state index contributed by atoms with van der Waals surface area (Å²) in [6, 6.07) is 0. The molecule has 7 heteroatoms. The van der Waals surface area contributed by atoms with E-state index in [4.69, 9.17) is 9.47 Å². The van der Waals surface area contributed by atoms with Crippen molar-refractivity contribution in [2.45, 2.75) is 53.1 Å². The number of amides is 1. The zero-order chi connectivity index (χ0) is 18.4. The van der Waals surface area contributed by atoms with Crippen LogP contribution < -0.4 is 10.6 Å². The Labute approximate surface area is 147 Å². The van der Waals surface area contributed by atoms with Gasteiger partial charge in [-0.3, -0.25) is 4.99 Å². The lowest BCUT2D eigenvalue weighted by Crippen LogP contribution is -2.44. The fourth-order valence-corrected chi connectivity index (χ4v) is 1.92. The number of unbranched alkanes of at least 4 members (excludes halogenated alkanes) is 1. The van der Waals surface area contributed by atoms with Gasteiger partial charge >= 0.3 is 6.09 Å². The smallest absolute Gasteiger partial charge is 0.410 e. The van der Waals surface area contributed by atoms with E-state index >= 15 is 0 Å². The van der Waals surface area contributed by atoms with Gasteiger partial charge in [0.15, 0.2) is 5.96 Å². The summed E-state index contributed by atoms with van der Waals surface area (Å²) in [5.41, 5.74) is -0.475. The number of nitrogens with one attached hydrogen (secondary N) is 2. The number of guanidine groups is 1. The molecule has 0 aromatic heterocycles. The molecule has 0 spiro atoms. The number of rotatable bonds is 10. The number of hydrogen-bond donors (Lipinski definition) is 2. The number of likely N-dealkylation sites (N-methyl/N-ethyl adjacent to an activating group) is 1. The molecule has 0 aromatic rings. The van der Waals surface area contributed by atoms with E-state index in [9.17, 15) is 4.79 Å². The van der Waals surface area contributed by atoms with Crippen molar-refractivity contribution in [2.75, 3.05) is 46.4 Å². The first-order valence-corrected chi connectivity index (χ1v) is 8.84. The number of aliphatic imine (C=N–C) groups is 1. The van der Waals surface area contributed by atoms with Crippen LogP contribution in [0.25, 0.3) is 0 Å². The minimum atomic E-state index is -0.475. The van der Waals surface area contributed by atoms with Gasteiger partial charge in [0.1, 0.15) is 5.60 Å². The molecule has 0 aliphatic heterocycles. The van der Waals surface area contributed by atoms with Crippen molar-refractivity contribution in [1.29, 1.82) is 0 Å². The summed E-state index contributed by atoms with van der Waals surface area (Å²) in [5.74, 6) is 0.742. The minimum absolute atomic E-state index is 0.286. The van der Waals surface area contributed by atoms with Crippen LogP contribution in [-0.4, -0.2) is 69.0 Å².